The van der Waals surface area contributed by atoms with Crippen LogP contribution < -0.4 is 15.4 Å². The van der Waals surface area contributed by atoms with Gasteiger partial charge in [-0.2, -0.15) is 0 Å². The van der Waals surface area contributed by atoms with Crippen LogP contribution in [0.2, 0.25) is 0 Å². The first kappa shape index (κ1) is 20.1. The van der Waals surface area contributed by atoms with E-state index in [9.17, 15) is 18.0 Å². The van der Waals surface area contributed by atoms with Crippen molar-refractivity contribution in [1.29, 1.82) is 0 Å². The Morgan fingerprint density at radius 2 is 1.79 bits per heavy atom. The fourth-order valence-corrected chi connectivity index (χ4v) is 3.15. The maximum absolute atomic E-state index is 12.2. The first-order valence-corrected chi connectivity index (χ1v) is 8.94. The van der Waals surface area contributed by atoms with Crippen LogP contribution in [0.4, 0.5) is 0 Å². The average Bonchev–Trinajstić information content (AvgIpc) is 2.52. The maximum Gasteiger partial charge on any atom is 0.251 e. The lowest BCUT2D eigenvalue weighted by Crippen LogP contribution is -2.37. The van der Waals surface area contributed by atoms with E-state index in [-0.39, 0.29) is 35.6 Å². The summed E-state index contributed by atoms with van der Waals surface area (Å²) in [5, 5.41) is 5.02. The van der Waals surface area contributed by atoms with Gasteiger partial charge in [-0.15, -0.1) is 0 Å². The molecule has 0 aromatic heterocycles. The number of sulfonamides is 1. The highest BCUT2D eigenvalue weighted by molar-refractivity contribution is 7.89. The maximum atomic E-state index is 12.2. The van der Waals surface area contributed by atoms with Gasteiger partial charge in [0.1, 0.15) is 0 Å². The van der Waals surface area contributed by atoms with E-state index in [0.717, 1.165) is 0 Å². The summed E-state index contributed by atoms with van der Waals surface area (Å²) in [7, 11) is -2.20. The zero-order valence-corrected chi connectivity index (χ0v) is 14.8. The van der Waals surface area contributed by atoms with Crippen molar-refractivity contribution in [2.45, 2.75) is 24.8 Å². The molecule has 2 amide bonds. The number of amides is 2. The second-order valence-corrected chi connectivity index (χ2v) is 6.85. The lowest BCUT2D eigenvalue weighted by molar-refractivity contribution is -0.120. The molecule has 1 rings (SSSR count). The molecule has 0 heterocycles. The van der Waals surface area contributed by atoms with E-state index >= 15 is 0 Å². The van der Waals surface area contributed by atoms with Crippen LogP contribution in [0.5, 0.6) is 0 Å². The molecule has 0 saturated heterocycles. The molecule has 0 unspecified atom stereocenters. The van der Waals surface area contributed by atoms with Crippen molar-refractivity contribution in [2.24, 2.45) is 0 Å². The van der Waals surface area contributed by atoms with Gasteiger partial charge in [0.05, 0.1) is 18.0 Å². The molecule has 3 N–H and O–H groups in total. The second kappa shape index (κ2) is 9.36. The molecule has 0 aliphatic carbocycles. The molecule has 0 radical (unpaired) electrons. The van der Waals surface area contributed by atoms with Gasteiger partial charge >= 0.3 is 0 Å². The van der Waals surface area contributed by atoms with Gasteiger partial charge in [-0.05, 0) is 38.1 Å². The number of hydrogen-bond acceptors (Lipinski definition) is 5. The molecule has 1 aromatic rings. The quantitative estimate of drug-likeness (QED) is 0.569. The summed E-state index contributed by atoms with van der Waals surface area (Å²) in [6.07, 6.45) is 0. The third kappa shape index (κ3) is 6.26. The summed E-state index contributed by atoms with van der Waals surface area (Å²) in [4.78, 5) is 23.2. The fourth-order valence-electron chi connectivity index (χ4n) is 1.92. The summed E-state index contributed by atoms with van der Waals surface area (Å²) >= 11 is 0. The van der Waals surface area contributed by atoms with Crippen LogP contribution in [-0.4, -0.2) is 53.1 Å². The minimum Gasteiger partial charge on any atom is -0.383 e. The van der Waals surface area contributed by atoms with Crippen LogP contribution >= 0.6 is 0 Å². The standard InChI is InChI=1S/C15H23N3O5S/c1-4-16-14(19)9-17-15(20)12-5-7-13(8-6-12)24(21,22)18-11(2)10-23-3/h5-8,11,18H,4,9-10H2,1-3H3,(H,16,19)(H,17,20)/t11-/m1/s1. The van der Waals surface area contributed by atoms with Gasteiger partial charge in [-0.3, -0.25) is 9.59 Å². The number of carbonyl (C=O) groups excluding carboxylic acids is 2. The Morgan fingerprint density at radius 3 is 2.33 bits per heavy atom. The lowest BCUT2D eigenvalue weighted by atomic mass is 10.2. The average molecular weight is 357 g/mol. The molecule has 134 valence electrons. The highest BCUT2D eigenvalue weighted by Crippen LogP contribution is 2.11. The predicted octanol–water partition coefficient (Wildman–Crippen LogP) is -0.134. The number of carbonyl (C=O) groups is 2. The van der Waals surface area contributed by atoms with Gasteiger partial charge in [0.2, 0.25) is 15.9 Å². The number of ether oxygens (including phenoxy) is 1. The number of rotatable bonds is 9. The summed E-state index contributed by atoms with van der Waals surface area (Å²) in [6, 6.07) is 5.08. The molecular formula is C15H23N3O5S. The normalized spacial score (nSPS) is 12.5. The molecule has 0 saturated carbocycles. The Labute approximate surface area is 142 Å². The predicted molar refractivity (Wildman–Crippen MR) is 89.1 cm³/mol. The molecular weight excluding hydrogens is 334 g/mol. The lowest BCUT2D eigenvalue weighted by Gasteiger charge is -2.13. The Bertz CT molecular complexity index is 658. The highest BCUT2D eigenvalue weighted by atomic mass is 32.2. The molecule has 0 aliphatic rings. The van der Waals surface area contributed by atoms with E-state index < -0.39 is 15.9 Å². The van der Waals surface area contributed by atoms with Gasteiger partial charge in [0.25, 0.3) is 5.91 Å². The van der Waals surface area contributed by atoms with Gasteiger partial charge in [0.15, 0.2) is 0 Å². The van der Waals surface area contributed by atoms with Crippen LogP contribution in [0.1, 0.15) is 24.2 Å². The fraction of sp³-hybridized carbons (Fsp3) is 0.467. The summed E-state index contributed by atoms with van der Waals surface area (Å²) < 4.78 is 31.7. The van der Waals surface area contributed by atoms with Crippen LogP contribution in [0, 0.1) is 0 Å². The van der Waals surface area contributed by atoms with Crippen molar-refractivity contribution in [3.05, 3.63) is 29.8 Å². The Balaban J connectivity index is 2.71. The van der Waals surface area contributed by atoms with Crippen LogP contribution in [-0.2, 0) is 19.6 Å². The van der Waals surface area contributed by atoms with Crippen LogP contribution in [0.15, 0.2) is 29.2 Å². The van der Waals surface area contributed by atoms with Crippen molar-refractivity contribution in [2.75, 3.05) is 26.8 Å². The molecule has 9 heteroatoms. The third-order valence-corrected chi connectivity index (χ3v) is 4.59. The first-order chi connectivity index (χ1) is 11.3. The Hall–Kier alpha value is -1.97. The molecule has 0 aliphatic heterocycles. The summed E-state index contributed by atoms with van der Waals surface area (Å²) in [5.41, 5.74) is 0.267. The largest absolute Gasteiger partial charge is 0.383 e. The minimum absolute atomic E-state index is 0.0470. The minimum atomic E-state index is -3.68. The van der Waals surface area contributed by atoms with Gasteiger partial charge < -0.3 is 15.4 Å². The number of likely N-dealkylation sites (N-methyl/N-ethyl adjacent to an activating group) is 1. The molecule has 0 fully saturated rings. The van der Waals surface area contributed by atoms with Crippen molar-refractivity contribution in [1.82, 2.24) is 15.4 Å². The van der Waals surface area contributed by atoms with Crippen molar-refractivity contribution >= 4 is 21.8 Å². The molecule has 1 aromatic carbocycles. The van der Waals surface area contributed by atoms with Gasteiger partial charge in [-0.1, -0.05) is 0 Å². The van der Waals surface area contributed by atoms with E-state index in [1.807, 2.05) is 0 Å². The molecule has 8 nitrogen and oxygen atoms in total. The Kier molecular flexibility index (Phi) is 7.83. The van der Waals surface area contributed by atoms with Crippen LogP contribution in [0.25, 0.3) is 0 Å². The SMILES string of the molecule is CCNC(=O)CNC(=O)c1ccc(S(=O)(=O)N[C@H](C)COC)cc1. The molecule has 0 bridgehead atoms. The topological polar surface area (TPSA) is 114 Å². The smallest absolute Gasteiger partial charge is 0.251 e. The van der Waals surface area contributed by atoms with E-state index in [2.05, 4.69) is 15.4 Å². The number of hydrogen-bond donors (Lipinski definition) is 3. The third-order valence-electron chi connectivity index (χ3n) is 2.98. The number of methoxy groups -OCH3 is 1. The van der Waals surface area contributed by atoms with Crippen LogP contribution in [0.3, 0.4) is 0 Å². The van der Waals surface area contributed by atoms with Crippen molar-refractivity contribution in [3.8, 4) is 0 Å². The summed E-state index contributed by atoms with van der Waals surface area (Å²) in [5.74, 6) is -0.743. The zero-order chi connectivity index (χ0) is 18.2. The Morgan fingerprint density at radius 1 is 1.17 bits per heavy atom. The van der Waals surface area contributed by atoms with Gasteiger partial charge in [-0.25, -0.2) is 13.1 Å². The van der Waals surface area contributed by atoms with Gasteiger partial charge in [0, 0.05) is 25.3 Å². The summed E-state index contributed by atoms with van der Waals surface area (Å²) in [6.45, 7) is 4.06. The molecule has 1 atom stereocenters. The van der Waals surface area contributed by atoms with Crippen molar-refractivity contribution < 1.29 is 22.7 Å². The monoisotopic (exact) mass is 357 g/mol. The van der Waals surface area contributed by atoms with E-state index in [0.29, 0.717) is 6.54 Å². The zero-order valence-electron chi connectivity index (χ0n) is 14.0. The van der Waals surface area contributed by atoms with E-state index in [1.165, 1.54) is 31.4 Å². The number of benzene rings is 1. The highest BCUT2D eigenvalue weighted by Gasteiger charge is 2.18. The second-order valence-electron chi connectivity index (χ2n) is 5.14. The first-order valence-electron chi connectivity index (χ1n) is 7.46. The number of nitrogens with one attached hydrogen (secondary N) is 3. The van der Waals surface area contributed by atoms with E-state index in [1.54, 1.807) is 13.8 Å². The van der Waals surface area contributed by atoms with Crippen molar-refractivity contribution in [3.63, 3.8) is 0 Å². The van der Waals surface area contributed by atoms with E-state index in [4.69, 9.17) is 4.74 Å². The molecule has 0 spiro atoms. The molecule has 24 heavy (non-hydrogen) atoms.